The molecule has 0 radical (unpaired) electrons. The Hall–Kier alpha value is -1.97. The van der Waals surface area contributed by atoms with Crippen LogP contribution in [0.4, 0.5) is 5.69 Å². The van der Waals surface area contributed by atoms with Crippen LogP contribution in [-0.4, -0.2) is 16.4 Å². The second-order valence-electron chi connectivity index (χ2n) is 4.68. The van der Waals surface area contributed by atoms with Crippen LogP contribution >= 0.6 is 0 Å². The highest BCUT2D eigenvalue weighted by atomic mass is 16.5. The van der Waals surface area contributed by atoms with Crippen molar-refractivity contribution in [3.63, 3.8) is 0 Å². The molecule has 1 heterocycles. The molecule has 4 heteroatoms. The van der Waals surface area contributed by atoms with Crippen molar-refractivity contribution in [2.24, 2.45) is 7.05 Å². The van der Waals surface area contributed by atoms with E-state index in [1.54, 1.807) is 0 Å². The number of aromatic nitrogens is 2. The van der Waals surface area contributed by atoms with Crippen LogP contribution in [0.5, 0.6) is 5.75 Å². The minimum Gasteiger partial charge on any atom is -0.494 e. The van der Waals surface area contributed by atoms with Gasteiger partial charge >= 0.3 is 0 Å². The largest absolute Gasteiger partial charge is 0.494 e. The van der Waals surface area contributed by atoms with Crippen molar-refractivity contribution in [1.29, 1.82) is 0 Å². The Morgan fingerprint density at radius 2 is 2.11 bits per heavy atom. The Balaban J connectivity index is 2.05. The summed E-state index contributed by atoms with van der Waals surface area (Å²) < 4.78 is 7.33. The molecule has 0 saturated carbocycles. The topological polar surface area (TPSA) is 39.1 Å². The van der Waals surface area contributed by atoms with Crippen molar-refractivity contribution in [2.75, 3.05) is 11.9 Å². The van der Waals surface area contributed by atoms with Gasteiger partial charge in [-0.25, -0.2) is 0 Å². The lowest BCUT2D eigenvalue weighted by Crippen LogP contribution is -2.02. The third-order valence-electron chi connectivity index (χ3n) is 3.09. The van der Waals surface area contributed by atoms with Crippen molar-refractivity contribution >= 4 is 5.69 Å². The molecule has 0 spiro atoms. The molecule has 0 atom stereocenters. The molecular weight excluding hydrogens is 238 g/mol. The van der Waals surface area contributed by atoms with Gasteiger partial charge in [0.25, 0.3) is 0 Å². The van der Waals surface area contributed by atoms with Crippen molar-refractivity contribution in [2.45, 2.75) is 27.3 Å². The molecule has 0 fully saturated rings. The minimum atomic E-state index is 0.696. The number of hydrogen-bond donors (Lipinski definition) is 1. The summed E-state index contributed by atoms with van der Waals surface area (Å²) in [5, 5.41) is 7.78. The molecule has 2 rings (SSSR count). The van der Waals surface area contributed by atoms with Gasteiger partial charge in [0.1, 0.15) is 5.75 Å². The first-order valence-corrected chi connectivity index (χ1v) is 6.56. The number of hydrogen-bond acceptors (Lipinski definition) is 3. The zero-order chi connectivity index (χ0) is 13.8. The van der Waals surface area contributed by atoms with Gasteiger partial charge in [-0.3, -0.25) is 4.68 Å². The van der Waals surface area contributed by atoms with Crippen LogP contribution in [0.2, 0.25) is 0 Å². The molecule has 19 heavy (non-hydrogen) atoms. The zero-order valence-electron chi connectivity index (χ0n) is 12.0. The van der Waals surface area contributed by atoms with E-state index in [1.807, 2.05) is 37.8 Å². The molecule has 0 aliphatic carbocycles. The number of benzene rings is 1. The number of rotatable bonds is 5. The highest BCUT2D eigenvalue weighted by molar-refractivity contribution is 5.53. The molecule has 0 unspecified atom stereocenters. The normalized spacial score (nSPS) is 10.5. The van der Waals surface area contributed by atoms with E-state index in [0.29, 0.717) is 6.61 Å². The number of anilines is 1. The number of nitrogens with zero attached hydrogens (tertiary/aromatic N) is 2. The summed E-state index contributed by atoms with van der Waals surface area (Å²) in [5.41, 5.74) is 4.61. The molecule has 0 amide bonds. The first-order chi connectivity index (χ1) is 9.10. The average Bonchev–Trinajstić information content (AvgIpc) is 2.67. The molecular formula is C15H21N3O. The van der Waals surface area contributed by atoms with Crippen LogP contribution in [0.3, 0.4) is 0 Å². The predicted molar refractivity (Wildman–Crippen MR) is 77.6 cm³/mol. The summed E-state index contributed by atoms with van der Waals surface area (Å²) in [7, 11) is 1.94. The van der Waals surface area contributed by atoms with Crippen LogP contribution in [0.15, 0.2) is 24.4 Å². The molecule has 0 saturated heterocycles. The van der Waals surface area contributed by atoms with Gasteiger partial charge in [0.05, 0.1) is 12.3 Å². The second kappa shape index (κ2) is 5.78. The highest BCUT2D eigenvalue weighted by Gasteiger charge is 2.04. The Kier molecular flexibility index (Phi) is 4.10. The number of nitrogens with one attached hydrogen (secondary N) is 1. The van der Waals surface area contributed by atoms with Gasteiger partial charge < -0.3 is 10.1 Å². The van der Waals surface area contributed by atoms with E-state index in [2.05, 4.69) is 29.5 Å². The predicted octanol–water partition coefficient (Wildman–Crippen LogP) is 3.05. The lowest BCUT2D eigenvalue weighted by atomic mass is 10.1. The Morgan fingerprint density at radius 1 is 1.32 bits per heavy atom. The Bertz CT molecular complexity index is 561. The summed E-state index contributed by atoms with van der Waals surface area (Å²) in [6.07, 6.45) is 2.05. The molecule has 0 aliphatic heterocycles. The van der Waals surface area contributed by atoms with E-state index in [1.165, 1.54) is 11.1 Å². The van der Waals surface area contributed by atoms with E-state index < -0.39 is 0 Å². The van der Waals surface area contributed by atoms with Gasteiger partial charge in [-0.1, -0.05) is 0 Å². The summed E-state index contributed by atoms with van der Waals surface area (Å²) in [5.74, 6) is 0.920. The molecule has 1 aromatic carbocycles. The monoisotopic (exact) mass is 259 g/mol. The first kappa shape index (κ1) is 13.5. The molecule has 1 N–H and O–H groups in total. The lowest BCUT2D eigenvalue weighted by molar-refractivity contribution is 0.340. The molecule has 102 valence electrons. The minimum absolute atomic E-state index is 0.696. The quantitative estimate of drug-likeness (QED) is 0.897. The maximum atomic E-state index is 5.49. The van der Waals surface area contributed by atoms with Crippen LogP contribution in [0, 0.1) is 13.8 Å². The first-order valence-electron chi connectivity index (χ1n) is 6.56. The molecule has 1 aromatic heterocycles. The van der Waals surface area contributed by atoms with Crippen LogP contribution in [0.1, 0.15) is 23.7 Å². The van der Waals surface area contributed by atoms with E-state index in [-0.39, 0.29) is 0 Å². The van der Waals surface area contributed by atoms with Gasteiger partial charge in [0, 0.05) is 31.0 Å². The maximum absolute atomic E-state index is 5.49. The zero-order valence-corrected chi connectivity index (χ0v) is 12.0. The van der Waals surface area contributed by atoms with Gasteiger partial charge in [-0.05, 0) is 44.5 Å². The van der Waals surface area contributed by atoms with E-state index >= 15 is 0 Å². The summed E-state index contributed by atoms with van der Waals surface area (Å²) in [6.45, 7) is 7.59. The summed E-state index contributed by atoms with van der Waals surface area (Å²) in [6, 6.07) is 6.11. The van der Waals surface area contributed by atoms with Crippen LogP contribution in [-0.2, 0) is 13.6 Å². The summed E-state index contributed by atoms with van der Waals surface area (Å²) in [4.78, 5) is 0. The Morgan fingerprint density at radius 3 is 2.68 bits per heavy atom. The fourth-order valence-corrected chi connectivity index (χ4v) is 2.10. The maximum Gasteiger partial charge on any atom is 0.119 e. The molecule has 0 aliphatic rings. The molecule has 2 aromatic rings. The van der Waals surface area contributed by atoms with Crippen molar-refractivity contribution < 1.29 is 4.74 Å². The second-order valence-corrected chi connectivity index (χ2v) is 4.68. The van der Waals surface area contributed by atoms with Crippen molar-refractivity contribution in [3.05, 3.63) is 41.2 Å². The van der Waals surface area contributed by atoms with Crippen LogP contribution in [0.25, 0.3) is 0 Å². The van der Waals surface area contributed by atoms with E-state index in [0.717, 1.165) is 23.7 Å². The van der Waals surface area contributed by atoms with E-state index in [9.17, 15) is 0 Å². The SMILES string of the molecule is CCOc1ccc(NCc2cn(C)nc2C)c(C)c1. The lowest BCUT2D eigenvalue weighted by Gasteiger charge is -2.11. The Labute approximate surface area is 114 Å². The van der Waals surface area contributed by atoms with Gasteiger partial charge in [0.2, 0.25) is 0 Å². The van der Waals surface area contributed by atoms with Crippen molar-refractivity contribution in [3.8, 4) is 5.75 Å². The number of aryl methyl sites for hydroxylation is 3. The highest BCUT2D eigenvalue weighted by Crippen LogP contribution is 2.22. The fraction of sp³-hybridized carbons (Fsp3) is 0.400. The van der Waals surface area contributed by atoms with Crippen LogP contribution < -0.4 is 10.1 Å². The third-order valence-corrected chi connectivity index (χ3v) is 3.09. The molecule has 4 nitrogen and oxygen atoms in total. The molecule has 0 bridgehead atoms. The fourth-order valence-electron chi connectivity index (χ4n) is 2.10. The van der Waals surface area contributed by atoms with Gasteiger partial charge in [0.15, 0.2) is 0 Å². The third kappa shape index (κ3) is 3.28. The number of ether oxygens (including phenoxy) is 1. The van der Waals surface area contributed by atoms with Gasteiger partial charge in [-0.15, -0.1) is 0 Å². The summed E-state index contributed by atoms with van der Waals surface area (Å²) >= 11 is 0. The smallest absolute Gasteiger partial charge is 0.119 e. The van der Waals surface area contributed by atoms with Gasteiger partial charge in [-0.2, -0.15) is 5.10 Å². The van der Waals surface area contributed by atoms with E-state index in [4.69, 9.17) is 4.74 Å². The average molecular weight is 259 g/mol. The van der Waals surface area contributed by atoms with Crippen molar-refractivity contribution in [1.82, 2.24) is 9.78 Å². The standard InChI is InChI=1S/C15H21N3O/c1-5-19-14-6-7-15(11(2)8-14)16-9-13-10-18(4)17-12(13)3/h6-8,10,16H,5,9H2,1-4H3.